The van der Waals surface area contributed by atoms with E-state index in [0.29, 0.717) is 40.4 Å². The Bertz CT molecular complexity index is 1320. The molecule has 1 amide bonds. The molecule has 3 aromatic rings. The summed E-state index contributed by atoms with van der Waals surface area (Å²) in [4.78, 5) is 24.3. The molecular formula is C26H28N2O6S. The van der Waals surface area contributed by atoms with E-state index in [9.17, 15) is 18.0 Å². The Balaban J connectivity index is 1.71. The highest BCUT2D eigenvalue weighted by atomic mass is 32.2. The van der Waals surface area contributed by atoms with Crippen LogP contribution in [0.2, 0.25) is 0 Å². The van der Waals surface area contributed by atoms with Crippen molar-refractivity contribution in [2.75, 3.05) is 24.8 Å². The molecule has 3 aromatic carbocycles. The number of sulfonamides is 1. The second-order valence-corrected chi connectivity index (χ2v) is 9.85. The van der Waals surface area contributed by atoms with Crippen LogP contribution in [0.1, 0.15) is 38.8 Å². The average Bonchev–Trinajstić information content (AvgIpc) is 2.85. The number of nitrogens with zero attached hydrogens (tertiary/aromatic N) is 1. The smallest absolute Gasteiger partial charge is 0.251 e. The molecule has 0 atom stereocenters. The first-order valence-corrected chi connectivity index (χ1v) is 12.6. The van der Waals surface area contributed by atoms with Crippen LogP contribution in [0.4, 0.5) is 5.69 Å². The number of carbonyl (C=O) groups excluding carboxylic acids is 2. The molecule has 0 radical (unpaired) electrons. The van der Waals surface area contributed by atoms with Gasteiger partial charge < -0.3 is 14.8 Å². The summed E-state index contributed by atoms with van der Waals surface area (Å²) in [5.74, 6) is 0.770. The van der Waals surface area contributed by atoms with Crippen molar-refractivity contribution < 1.29 is 27.5 Å². The lowest BCUT2D eigenvalue weighted by Gasteiger charge is -2.23. The van der Waals surface area contributed by atoms with Crippen LogP contribution in [0.15, 0.2) is 66.7 Å². The largest absolute Gasteiger partial charge is 0.493 e. The van der Waals surface area contributed by atoms with Crippen LogP contribution in [0.25, 0.3) is 0 Å². The number of amides is 1. The topological polar surface area (TPSA) is 102 Å². The zero-order valence-corrected chi connectivity index (χ0v) is 20.9. The maximum Gasteiger partial charge on any atom is 0.251 e. The third-order valence-corrected chi connectivity index (χ3v) is 6.52. The highest BCUT2D eigenvalue weighted by molar-refractivity contribution is 7.92. The third kappa shape index (κ3) is 6.60. The zero-order valence-electron chi connectivity index (χ0n) is 20.1. The summed E-state index contributed by atoms with van der Waals surface area (Å²) in [6.07, 6.45) is 1.11. The number of ether oxygens (including phenoxy) is 2. The molecule has 9 heteroatoms. The first-order valence-electron chi connectivity index (χ1n) is 10.8. The number of methoxy groups -OCH3 is 2. The highest BCUT2D eigenvalue weighted by Crippen LogP contribution is 2.27. The number of carbonyl (C=O) groups is 2. The quantitative estimate of drug-likeness (QED) is 0.429. The molecular weight excluding hydrogens is 468 g/mol. The SMILES string of the molecule is COc1ccc(CNC(=O)c2ccc(CN(c3cccc(C(C)=O)c3)S(C)(=O)=O)cc2)cc1OC. The van der Waals surface area contributed by atoms with Crippen molar-refractivity contribution in [2.45, 2.75) is 20.0 Å². The van der Waals surface area contributed by atoms with Gasteiger partial charge in [0.2, 0.25) is 10.0 Å². The Hall–Kier alpha value is -3.85. The monoisotopic (exact) mass is 496 g/mol. The molecule has 0 aliphatic carbocycles. The van der Waals surface area contributed by atoms with Gasteiger partial charge in [-0.2, -0.15) is 0 Å². The number of ketones is 1. The summed E-state index contributed by atoms with van der Waals surface area (Å²) in [7, 11) is -0.506. The first-order chi connectivity index (χ1) is 16.6. The van der Waals surface area contributed by atoms with Gasteiger partial charge in [0.15, 0.2) is 17.3 Å². The van der Waals surface area contributed by atoms with Crippen LogP contribution in [0.5, 0.6) is 11.5 Å². The van der Waals surface area contributed by atoms with Gasteiger partial charge in [-0.15, -0.1) is 0 Å². The molecule has 0 saturated carbocycles. The van der Waals surface area contributed by atoms with Gasteiger partial charge in [-0.05, 0) is 54.4 Å². The molecule has 0 fully saturated rings. The molecule has 0 aromatic heterocycles. The van der Waals surface area contributed by atoms with E-state index >= 15 is 0 Å². The number of hydrogen-bond donors (Lipinski definition) is 1. The van der Waals surface area contributed by atoms with Gasteiger partial charge in [-0.25, -0.2) is 8.42 Å². The van der Waals surface area contributed by atoms with Gasteiger partial charge in [0.05, 0.1) is 32.7 Å². The van der Waals surface area contributed by atoms with Crippen LogP contribution in [-0.2, 0) is 23.1 Å². The minimum absolute atomic E-state index is 0.0632. The average molecular weight is 497 g/mol. The fourth-order valence-electron chi connectivity index (χ4n) is 3.48. The Labute approximate surface area is 205 Å². The number of nitrogens with one attached hydrogen (secondary N) is 1. The number of rotatable bonds is 10. The van der Waals surface area contributed by atoms with Crippen molar-refractivity contribution in [3.8, 4) is 11.5 Å². The Morgan fingerprint density at radius 1 is 0.857 bits per heavy atom. The van der Waals surface area contributed by atoms with E-state index in [-0.39, 0.29) is 18.2 Å². The van der Waals surface area contributed by atoms with Crippen molar-refractivity contribution in [1.29, 1.82) is 0 Å². The Morgan fingerprint density at radius 3 is 2.11 bits per heavy atom. The zero-order chi connectivity index (χ0) is 25.6. The van der Waals surface area contributed by atoms with Crippen LogP contribution in [0, 0.1) is 0 Å². The molecule has 0 aliphatic rings. The summed E-state index contributed by atoms with van der Waals surface area (Å²) in [6.45, 7) is 1.79. The summed E-state index contributed by atoms with van der Waals surface area (Å²) < 4.78 is 36.7. The Kier molecular flexibility index (Phi) is 8.14. The van der Waals surface area contributed by atoms with E-state index in [1.54, 1.807) is 74.9 Å². The van der Waals surface area contributed by atoms with Gasteiger partial charge in [-0.1, -0.05) is 30.3 Å². The van der Waals surface area contributed by atoms with E-state index in [1.165, 1.54) is 11.2 Å². The molecule has 3 rings (SSSR count). The predicted octanol–water partition coefficient (Wildman–Crippen LogP) is 3.80. The maximum absolute atomic E-state index is 12.6. The molecule has 0 heterocycles. The van der Waals surface area contributed by atoms with Crippen molar-refractivity contribution in [2.24, 2.45) is 0 Å². The van der Waals surface area contributed by atoms with Gasteiger partial charge in [0.1, 0.15) is 0 Å². The number of benzene rings is 3. The number of Topliss-reactive ketones (excluding diaryl/α,β-unsaturated/α-hetero) is 1. The first kappa shape index (κ1) is 25.8. The maximum atomic E-state index is 12.6. The molecule has 0 spiro atoms. The van der Waals surface area contributed by atoms with Gasteiger partial charge in [-0.3, -0.25) is 13.9 Å². The van der Waals surface area contributed by atoms with E-state index in [0.717, 1.165) is 11.8 Å². The fraction of sp³-hybridized carbons (Fsp3) is 0.231. The minimum atomic E-state index is -3.61. The van der Waals surface area contributed by atoms with Gasteiger partial charge >= 0.3 is 0 Å². The molecule has 0 unspecified atom stereocenters. The van der Waals surface area contributed by atoms with E-state index in [2.05, 4.69) is 5.32 Å². The molecule has 0 aliphatic heterocycles. The lowest BCUT2D eigenvalue weighted by molar-refractivity contribution is 0.0950. The van der Waals surface area contributed by atoms with E-state index in [4.69, 9.17) is 9.47 Å². The molecule has 35 heavy (non-hydrogen) atoms. The molecule has 1 N–H and O–H groups in total. The molecule has 0 bridgehead atoms. The normalized spacial score (nSPS) is 11.0. The summed E-state index contributed by atoms with van der Waals surface area (Å²) >= 11 is 0. The van der Waals surface area contributed by atoms with Crippen molar-refractivity contribution in [3.05, 3.63) is 89.0 Å². The van der Waals surface area contributed by atoms with Crippen LogP contribution >= 0.6 is 0 Å². The summed E-state index contributed by atoms with van der Waals surface area (Å²) in [5.41, 5.74) is 2.82. The second kappa shape index (κ2) is 11.1. The third-order valence-electron chi connectivity index (χ3n) is 5.38. The minimum Gasteiger partial charge on any atom is -0.493 e. The van der Waals surface area contributed by atoms with Gasteiger partial charge in [0, 0.05) is 17.7 Å². The summed E-state index contributed by atoms with van der Waals surface area (Å²) in [5, 5.41) is 2.86. The van der Waals surface area contributed by atoms with Gasteiger partial charge in [0.25, 0.3) is 5.91 Å². The lowest BCUT2D eigenvalue weighted by Crippen LogP contribution is -2.29. The summed E-state index contributed by atoms with van der Waals surface area (Å²) in [6, 6.07) is 18.6. The fourth-order valence-corrected chi connectivity index (χ4v) is 4.36. The highest BCUT2D eigenvalue weighted by Gasteiger charge is 2.19. The standard InChI is InChI=1S/C26H28N2O6S/c1-18(29)22-6-5-7-23(15-22)28(35(4,31)32)17-19-8-11-21(12-9-19)26(30)27-16-20-10-13-24(33-2)25(14-20)34-3/h5-15H,16-17H2,1-4H3,(H,27,30). The molecule has 184 valence electrons. The van der Waals surface area contributed by atoms with Crippen LogP contribution < -0.4 is 19.1 Å². The number of hydrogen-bond acceptors (Lipinski definition) is 6. The second-order valence-electron chi connectivity index (χ2n) is 7.95. The Morgan fingerprint density at radius 2 is 1.51 bits per heavy atom. The molecule has 8 nitrogen and oxygen atoms in total. The van der Waals surface area contributed by atoms with E-state index in [1.807, 2.05) is 6.07 Å². The van der Waals surface area contributed by atoms with Crippen LogP contribution in [-0.4, -0.2) is 40.6 Å². The predicted molar refractivity (Wildman–Crippen MR) is 135 cm³/mol. The van der Waals surface area contributed by atoms with Crippen molar-refractivity contribution in [1.82, 2.24) is 5.32 Å². The number of anilines is 1. The van der Waals surface area contributed by atoms with Crippen molar-refractivity contribution in [3.63, 3.8) is 0 Å². The van der Waals surface area contributed by atoms with Crippen LogP contribution in [0.3, 0.4) is 0 Å². The van der Waals surface area contributed by atoms with E-state index < -0.39 is 10.0 Å². The lowest BCUT2D eigenvalue weighted by atomic mass is 10.1. The van der Waals surface area contributed by atoms with Crippen molar-refractivity contribution >= 4 is 27.4 Å². The molecule has 0 saturated heterocycles.